The highest BCUT2D eigenvalue weighted by Crippen LogP contribution is 2.34. The van der Waals surface area contributed by atoms with E-state index in [1.165, 1.54) is 14.2 Å². The minimum absolute atomic E-state index is 0.126. The average Bonchev–Trinajstić information content (AvgIpc) is 2.23. The molecule has 0 aromatic heterocycles. The van der Waals surface area contributed by atoms with Gasteiger partial charge >= 0.3 is 5.97 Å². The average molecular weight is 294 g/mol. The maximum absolute atomic E-state index is 11.2. The molecule has 0 atom stereocenters. The van der Waals surface area contributed by atoms with Crippen molar-refractivity contribution in [3.05, 3.63) is 27.2 Å². The molecule has 0 fully saturated rings. The lowest BCUT2D eigenvalue weighted by Gasteiger charge is -2.11. The third-order valence-electron chi connectivity index (χ3n) is 1.91. The first-order valence-electron chi connectivity index (χ1n) is 4.17. The number of carbonyl (C=O) groups excluding carboxylic acids is 1. The molecule has 5 heteroatoms. The number of ether oxygens (including phenoxy) is 2. The van der Waals surface area contributed by atoms with Gasteiger partial charge in [0.2, 0.25) is 0 Å². The predicted molar refractivity (Wildman–Crippen MR) is 61.4 cm³/mol. The van der Waals surface area contributed by atoms with Crippen LogP contribution in [0.1, 0.15) is 5.56 Å². The van der Waals surface area contributed by atoms with Crippen molar-refractivity contribution in [2.24, 2.45) is 0 Å². The van der Waals surface area contributed by atoms with Crippen molar-refractivity contribution in [2.75, 3.05) is 14.2 Å². The van der Waals surface area contributed by atoms with Crippen LogP contribution >= 0.6 is 27.5 Å². The molecule has 0 N–H and O–H groups in total. The normalized spacial score (nSPS) is 9.87. The molecule has 0 unspecified atom stereocenters. The van der Waals surface area contributed by atoms with Crippen LogP contribution in [0, 0.1) is 0 Å². The second-order valence-corrected chi connectivity index (χ2v) is 4.06. The van der Waals surface area contributed by atoms with Crippen molar-refractivity contribution >= 4 is 33.5 Å². The van der Waals surface area contributed by atoms with Crippen molar-refractivity contribution < 1.29 is 14.3 Å². The summed E-state index contributed by atoms with van der Waals surface area (Å²) in [6.07, 6.45) is 0.126. The van der Waals surface area contributed by atoms with E-state index in [0.717, 1.165) is 4.47 Å². The molecule has 0 spiro atoms. The van der Waals surface area contributed by atoms with Gasteiger partial charge in [0.25, 0.3) is 0 Å². The summed E-state index contributed by atoms with van der Waals surface area (Å²) in [6.45, 7) is 0. The predicted octanol–water partition coefficient (Wildman–Crippen LogP) is 2.83. The van der Waals surface area contributed by atoms with Crippen LogP contribution in [0.2, 0.25) is 5.02 Å². The summed E-state index contributed by atoms with van der Waals surface area (Å²) < 4.78 is 10.5. The van der Waals surface area contributed by atoms with Gasteiger partial charge in [-0.3, -0.25) is 4.79 Å². The second kappa shape index (κ2) is 5.37. The van der Waals surface area contributed by atoms with Crippen molar-refractivity contribution in [3.63, 3.8) is 0 Å². The Morgan fingerprint density at radius 2 is 2.13 bits per heavy atom. The van der Waals surface area contributed by atoms with E-state index in [1.54, 1.807) is 12.1 Å². The molecule has 0 aliphatic heterocycles. The van der Waals surface area contributed by atoms with E-state index in [2.05, 4.69) is 20.7 Å². The fraction of sp³-hybridized carbons (Fsp3) is 0.300. The fourth-order valence-electron chi connectivity index (χ4n) is 1.18. The molecule has 82 valence electrons. The van der Waals surface area contributed by atoms with Gasteiger partial charge in [-0.25, -0.2) is 0 Å². The number of benzene rings is 1. The van der Waals surface area contributed by atoms with E-state index >= 15 is 0 Å². The summed E-state index contributed by atoms with van der Waals surface area (Å²) in [5.74, 6) is 0.160. The van der Waals surface area contributed by atoms with Gasteiger partial charge in [-0.2, -0.15) is 0 Å². The van der Waals surface area contributed by atoms with Crippen LogP contribution in [0.3, 0.4) is 0 Å². The topological polar surface area (TPSA) is 35.5 Å². The standard InChI is InChI=1S/C10H10BrClO3/c1-14-9(13)5-6-7(11)3-4-8(12)10(6)15-2/h3-4H,5H2,1-2H3. The Morgan fingerprint density at radius 3 is 2.67 bits per heavy atom. The molecule has 0 amide bonds. The highest BCUT2D eigenvalue weighted by atomic mass is 79.9. The number of carbonyl (C=O) groups is 1. The van der Waals surface area contributed by atoms with Gasteiger partial charge in [0, 0.05) is 10.0 Å². The van der Waals surface area contributed by atoms with Gasteiger partial charge in [-0.05, 0) is 12.1 Å². The third-order valence-corrected chi connectivity index (χ3v) is 2.95. The van der Waals surface area contributed by atoms with Gasteiger partial charge in [-0.15, -0.1) is 0 Å². The molecule has 3 nitrogen and oxygen atoms in total. The van der Waals surface area contributed by atoms with E-state index in [-0.39, 0.29) is 12.4 Å². The zero-order chi connectivity index (χ0) is 11.4. The minimum Gasteiger partial charge on any atom is -0.495 e. The summed E-state index contributed by atoms with van der Waals surface area (Å²) in [5.41, 5.74) is 0.692. The molecule has 0 saturated carbocycles. The van der Waals surface area contributed by atoms with Gasteiger partial charge in [-0.1, -0.05) is 27.5 Å². The number of hydrogen-bond acceptors (Lipinski definition) is 3. The first-order valence-corrected chi connectivity index (χ1v) is 5.35. The lowest BCUT2D eigenvalue weighted by atomic mass is 10.1. The Kier molecular flexibility index (Phi) is 4.42. The Labute approximate surface area is 101 Å². The van der Waals surface area contributed by atoms with Crippen LogP contribution in [-0.2, 0) is 16.0 Å². The Hall–Kier alpha value is -0.740. The monoisotopic (exact) mass is 292 g/mol. The molecule has 0 aliphatic rings. The smallest absolute Gasteiger partial charge is 0.310 e. The van der Waals surface area contributed by atoms with Gasteiger partial charge in [0.15, 0.2) is 0 Å². The zero-order valence-corrected chi connectivity index (χ0v) is 10.7. The lowest BCUT2D eigenvalue weighted by molar-refractivity contribution is -0.139. The van der Waals surface area contributed by atoms with Gasteiger partial charge in [0.1, 0.15) is 5.75 Å². The summed E-state index contributed by atoms with van der Waals surface area (Å²) in [5, 5.41) is 0.472. The lowest BCUT2D eigenvalue weighted by Crippen LogP contribution is -2.06. The van der Waals surface area contributed by atoms with Crippen LogP contribution in [-0.4, -0.2) is 20.2 Å². The molecule has 0 saturated heterocycles. The summed E-state index contributed by atoms with van der Waals surface area (Å²) in [6, 6.07) is 3.47. The van der Waals surface area contributed by atoms with Crippen LogP contribution in [0.15, 0.2) is 16.6 Å². The van der Waals surface area contributed by atoms with Crippen LogP contribution in [0.25, 0.3) is 0 Å². The summed E-state index contributed by atoms with van der Waals surface area (Å²) >= 11 is 9.26. The van der Waals surface area contributed by atoms with Crippen molar-refractivity contribution in [1.82, 2.24) is 0 Å². The number of hydrogen-bond donors (Lipinski definition) is 0. The maximum Gasteiger partial charge on any atom is 0.310 e. The largest absolute Gasteiger partial charge is 0.495 e. The van der Waals surface area contributed by atoms with Gasteiger partial charge in [0.05, 0.1) is 25.7 Å². The molecule has 1 aromatic carbocycles. The Morgan fingerprint density at radius 1 is 1.47 bits per heavy atom. The van der Waals surface area contributed by atoms with E-state index in [4.69, 9.17) is 16.3 Å². The van der Waals surface area contributed by atoms with Crippen molar-refractivity contribution in [3.8, 4) is 5.75 Å². The van der Waals surface area contributed by atoms with E-state index < -0.39 is 0 Å². The minimum atomic E-state index is -0.337. The van der Waals surface area contributed by atoms with E-state index in [0.29, 0.717) is 16.3 Å². The molecule has 0 heterocycles. The Balaban J connectivity index is 3.13. The van der Waals surface area contributed by atoms with Crippen molar-refractivity contribution in [2.45, 2.75) is 6.42 Å². The third kappa shape index (κ3) is 2.86. The summed E-state index contributed by atoms with van der Waals surface area (Å²) in [4.78, 5) is 11.2. The highest BCUT2D eigenvalue weighted by molar-refractivity contribution is 9.10. The highest BCUT2D eigenvalue weighted by Gasteiger charge is 2.15. The van der Waals surface area contributed by atoms with Gasteiger partial charge < -0.3 is 9.47 Å². The molecular formula is C10H10BrClO3. The quantitative estimate of drug-likeness (QED) is 0.804. The fourth-order valence-corrected chi connectivity index (χ4v) is 1.88. The number of rotatable bonds is 3. The molecule has 0 aliphatic carbocycles. The SMILES string of the molecule is COC(=O)Cc1c(Br)ccc(Cl)c1OC. The molecule has 0 bridgehead atoms. The second-order valence-electron chi connectivity index (χ2n) is 2.79. The van der Waals surface area contributed by atoms with E-state index in [9.17, 15) is 4.79 Å². The number of esters is 1. The van der Waals surface area contributed by atoms with Crippen LogP contribution in [0.4, 0.5) is 0 Å². The molecule has 15 heavy (non-hydrogen) atoms. The van der Waals surface area contributed by atoms with E-state index in [1.807, 2.05) is 0 Å². The molecule has 1 aromatic rings. The number of methoxy groups -OCH3 is 2. The van der Waals surface area contributed by atoms with Crippen LogP contribution < -0.4 is 4.74 Å². The number of halogens is 2. The zero-order valence-electron chi connectivity index (χ0n) is 8.34. The molecular weight excluding hydrogens is 283 g/mol. The van der Waals surface area contributed by atoms with Crippen molar-refractivity contribution in [1.29, 1.82) is 0 Å². The Bertz CT molecular complexity index is 379. The first kappa shape index (κ1) is 12.3. The maximum atomic E-state index is 11.2. The summed E-state index contributed by atoms with van der Waals surface area (Å²) in [7, 11) is 2.85. The van der Waals surface area contributed by atoms with Crippen LogP contribution in [0.5, 0.6) is 5.75 Å². The molecule has 1 rings (SSSR count). The molecule has 0 radical (unpaired) electrons. The first-order chi connectivity index (χ1) is 7.10.